The highest BCUT2D eigenvalue weighted by molar-refractivity contribution is 7.08. The number of hydrogen-bond acceptors (Lipinski definition) is 4. The van der Waals surface area contributed by atoms with Gasteiger partial charge in [0.05, 0.1) is 5.69 Å². The summed E-state index contributed by atoms with van der Waals surface area (Å²) in [7, 11) is 0. The number of rotatable bonds is 2. The number of nitrogens with zero attached hydrogens (tertiary/aromatic N) is 3. The molecule has 0 N–H and O–H groups in total. The molecule has 0 fully saturated rings. The van der Waals surface area contributed by atoms with Crippen LogP contribution in [0.3, 0.4) is 0 Å². The molecule has 0 radical (unpaired) electrons. The molecule has 0 amide bonds. The molecule has 0 bridgehead atoms. The van der Waals surface area contributed by atoms with E-state index in [9.17, 15) is 0 Å². The van der Waals surface area contributed by atoms with Gasteiger partial charge in [0, 0.05) is 41.7 Å². The number of fused-ring (bicyclic) bond motifs is 1. The normalized spacial score (nSPS) is 16.3. The van der Waals surface area contributed by atoms with E-state index < -0.39 is 0 Å². The molecular formula is C14H17N3S. The Labute approximate surface area is 112 Å². The number of aromatic nitrogens is 2. The topological polar surface area (TPSA) is 29.0 Å². The first-order chi connectivity index (χ1) is 8.88. The average molecular weight is 259 g/mol. The molecule has 3 rings (SSSR count). The fraction of sp³-hybridized carbons (Fsp3) is 0.429. The zero-order chi connectivity index (χ0) is 12.4. The third-order valence-electron chi connectivity index (χ3n) is 3.62. The lowest BCUT2D eigenvalue weighted by Gasteiger charge is -2.16. The minimum atomic E-state index is 1.04. The highest BCUT2D eigenvalue weighted by atomic mass is 32.1. The summed E-state index contributed by atoms with van der Waals surface area (Å²) in [5.74, 6) is 0. The van der Waals surface area contributed by atoms with Crippen molar-refractivity contribution in [3.05, 3.63) is 34.4 Å². The summed E-state index contributed by atoms with van der Waals surface area (Å²) in [5, 5.41) is 4.28. The molecule has 0 atom stereocenters. The summed E-state index contributed by atoms with van der Waals surface area (Å²) in [5.41, 5.74) is 4.97. The van der Waals surface area contributed by atoms with E-state index in [0.717, 1.165) is 38.2 Å². The Morgan fingerprint density at radius 2 is 2.17 bits per heavy atom. The highest BCUT2D eigenvalue weighted by Crippen LogP contribution is 2.27. The van der Waals surface area contributed by atoms with E-state index in [0.29, 0.717) is 0 Å². The van der Waals surface area contributed by atoms with Crippen LogP contribution in [-0.2, 0) is 12.8 Å². The molecule has 1 aliphatic heterocycles. The van der Waals surface area contributed by atoms with Crippen LogP contribution >= 0.6 is 11.3 Å². The van der Waals surface area contributed by atoms with Crippen LogP contribution in [0.5, 0.6) is 0 Å². The van der Waals surface area contributed by atoms with Gasteiger partial charge in [0.25, 0.3) is 0 Å². The van der Waals surface area contributed by atoms with Crippen LogP contribution in [0.15, 0.2) is 23.2 Å². The van der Waals surface area contributed by atoms with Crippen molar-refractivity contribution in [3.8, 4) is 11.3 Å². The molecule has 3 heterocycles. The second kappa shape index (κ2) is 5.16. The standard InChI is InChI=1S/C14H17N3S/c1-2-17-6-3-12-13(4-7-17)15-10-16-14(12)11-5-8-18-9-11/h5,8-10H,2-4,6-7H2,1H3. The Bertz CT molecular complexity index is 522. The number of likely N-dealkylation sites (N-methyl/N-ethyl adjacent to an activating group) is 1. The molecule has 0 saturated carbocycles. The van der Waals surface area contributed by atoms with Crippen molar-refractivity contribution < 1.29 is 0 Å². The molecule has 0 aliphatic carbocycles. The lowest BCUT2D eigenvalue weighted by molar-refractivity contribution is 0.303. The fourth-order valence-corrected chi connectivity index (χ4v) is 3.18. The van der Waals surface area contributed by atoms with Gasteiger partial charge < -0.3 is 4.90 Å². The Morgan fingerprint density at radius 3 is 2.94 bits per heavy atom. The summed E-state index contributed by atoms with van der Waals surface area (Å²) in [4.78, 5) is 11.5. The van der Waals surface area contributed by atoms with Gasteiger partial charge in [-0.05, 0) is 24.4 Å². The number of hydrogen-bond donors (Lipinski definition) is 0. The molecule has 0 spiro atoms. The maximum atomic E-state index is 4.50. The largest absolute Gasteiger partial charge is 0.303 e. The molecule has 2 aromatic rings. The van der Waals surface area contributed by atoms with Gasteiger partial charge in [-0.3, -0.25) is 0 Å². The van der Waals surface area contributed by atoms with Gasteiger partial charge in [-0.2, -0.15) is 11.3 Å². The maximum absolute atomic E-state index is 4.50. The Balaban J connectivity index is 2.00. The van der Waals surface area contributed by atoms with E-state index in [1.54, 1.807) is 17.7 Å². The Morgan fingerprint density at radius 1 is 1.28 bits per heavy atom. The van der Waals surface area contributed by atoms with Gasteiger partial charge in [0.15, 0.2) is 0 Å². The monoisotopic (exact) mass is 259 g/mol. The van der Waals surface area contributed by atoms with Crippen molar-refractivity contribution in [2.75, 3.05) is 19.6 Å². The molecule has 4 heteroatoms. The van der Waals surface area contributed by atoms with E-state index in [2.05, 4.69) is 38.6 Å². The van der Waals surface area contributed by atoms with E-state index in [1.165, 1.54) is 16.8 Å². The molecule has 1 aliphatic rings. The van der Waals surface area contributed by atoms with Gasteiger partial charge in [0.2, 0.25) is 0 Å². The van der Waals surface area contributed by atoms with Crippen LogP contribution in [-0.4, -0.2) is 34.5 Å². The van der Waals surface area contributed by atoms with Gasteiger partial charge in [-0.15, -0.1) is 0 Å². The summed E-state index contributed by atoms with van der Waals surface area (Å²) in [6.07, 6.45) is 3.82. The van der Waals surface area contributed by atoms with Gasteiger partial charge in [0.1, 0.15) is 6.33 Å². The number of thiophene rings is 1. The third kappa shape index (κ3) is 2.18. The average Bonchev–Trinajstić information content (AvgIpc) is 2.85. The lowest BCUT2D eigenvalue weighted by Crippen LogP contribution is -2.25. The molecule has 2 aromatic heterocycles. The quantitative estimate of drug-likeness (QED) is 0.830. The smallest absolute Gasteiger partial charge is 0.116 e. The zero-order valence-electron chi connectivity index (χ0n) is 10.6. The van der Waals surface area contributed by atoms with Crippen molar-refractivity contribution in [1.82, 2.24) is 14.9 Å². The maximum Gasteiger partial charge on any atom is 0.116 e. The van der Waals surface area contributed by atoms with E-state index in [1.807, 2.05) is 0 Å². The minimum absolute atomic E-state index is 1.04. The molecule has 0 unspecified atom stereocenters. The molecule has 94 valence electrons. The van der Waals surface area contributed by atoms with Crippen molar-refractivity contribution in [1.29, 1.82) is 0 Å². The molecular weight excluding hydrogens is 242 g/mol. The summed E-state index contributed by atoms with van der Waals surface area (Å²) in [6.45, 7) is 5.58. The van der Waals surface area contributed by atoms with Crippen LogP contribution in [0.4, 0.5) is 0 Å². The third-order valence-corrected chi connectivity index (χ3v) is 4.30. The van der Waals surface area contributed by atoms with Crippen LogP contribution in [0.1, 0.15) is 18.2 Å². The van der Waals surface area contributed by atoms with Gasteiger partial charge in [-0.1, -0.05) is 6.92 Å². The minimum Gasteiger partial charge on any atom is -0.303 e. The van der Waals surface area contributed by atoms with E-state index in [4.69, 9.17) is 0 Å². The van der Waals surface area contributed by atoms with E-state index >= 15 is 0 Å². The van der Waals surface area contributed by atoms with Crippen LogP contribution in [0.2, 0.25) is 0 Å². The van der Waals surface area contributed by atoms with Crippen molar-refractivity contribution in [2.24, 2.45) is 0 Å². The predicted octanol–water partition coefficient (Wildman–Crippen LogP) is 2.63. The first kappa shape index (κ1) is 11.8. The van der Waals surface area contributed by atoms with Gasteiger partial charge >= 0.3 is 0 Å². The fourth-order valence-electron chi connectivity index (χ4n) is 2.54. The summed E-state index contributed by atoms with van der Waals surface area (Å²) < 4.78 is 0. The van der Waals surface area contributed by atoms with Crippen LogP contribution < -0.4 is 0 Å². The van der Waals surface area contributed by atoms with E-state index in [-0.39, 0.29) is 0 Å². The first-order valence-corrected chi connectivity index (χ1v) is 7.40. The SMILES string of the molecule is CCN1CCc2ncnc(-c3ccsc3)c2CC1. The Hall–Kier alpha value is -1.26. The molecule has 0 aromatic carbocycles. The second-order valence-electron chi connectivity index (χ2n) is 4.59. The molecule has 3 nitrogen and oxygen atoms in total. The van der Waals surface area contributed by atoms with Gasteiger partial charge in [-0.25, -0.2) is 9.97 Å². The second-order valence-corrected chi connectivity index (χ2v) is 5.37. The van der Waals surface area contributed by atoms with Crippen LogP contribution in [0, 0.1) is 0 Å². The first-order valence-electron chi connectivity index (χ1n) is 6.46. The molecule has 18 heavy (non-hydrogen) atoms. The summed E-state index contributed by atoms with van der Waals surface area (Å²) >= 11 is 1.72. The lowest BCUT2D eigenvalue weighted by atomic mass is 10.0. The van der Waals surface area contributed by atoms with Crippen molar-refractivity contribution in [3.63, 3.8) is 0 Å². The van der Waals surface area contributed by atoms with Crippen molar-refractivity contribution in [2.45, 2.75) is 19.8 Å². The highest BCUT2D eigenvalue weighted by Gasteiger charge is 2.18. The predicted molar refractivity (Wildman–Crippen MR) is 74.9 cm³/mol. The zero-order valence-corrected chi connectivity index (χ0v) is 11.4. The van der Waals surface area contributed by atoms with Crippen molar-refractivity contribution >= 4 is 11.3 Å². The van der Waals surface area contributed by atoms with Crippen LogP contribution in [0.25, 0.3) is 11.3 Å². The molecule has 0 saturated heterocycles. The Kier molecular flexibility index (Phi) is 3.39. The summed E-state index contributed by atoms with van der Waals surface area (Å²) in [6, 6.07) is 2.15.